The average Bonchev–Trinajstić information content (AvgIpc) is 2.58. The maximum atomic E-state index is 11.9. The van der Waals surface area contributed by atoms with E-state index in [-0.39, 0.29) is 18.3 Å². The lowest BCUT2D eigenvalue weighted by Gasteiger charge is -2.13. The van der Waals surface area contributed by atoms with Crippen molar-refractivity contribution in [3.8, 4) is 0 Å². The average molecular weight is 257 g/mol. The number of nitrogens with one attached hydrogen (secondary N) is 1. The quantitative estimate of drug-likeness (QED) is 0.671. The van der Waals surface area contributed by atoms with Crippen LogP contribution < -0.4 is 16.8 Å². The predicted octanol–water partition coefficient (Wildman–Crippen LogP) is -0.286. The van der Waals surface area contributed by atoms with Crippen molar-refractivity contribution in [2.45, 2.75) is 6.92 Å². The summed E-state index contributed by atoms with van der Waals surface area (Å²) in [6.07, 6.45) is 0. The molecule has 1 heterocycles. The topological polar surface area (TPSA) is 114 Å². The van der Waals surface area contributed by atoms with Gasteiger partial charge in [0.1, 0.15) is 10.7 Å². The molecule has 1 aromatic heterocycles. The van der Waals surface area contributed by atoms with Crippen LogP contribution in [0.25, 0.3) is 0 Å². The normalized spacial score (nSPS) is 10.0. The van der Waals surface area contributed by atoms with E-state index in [1.54, 1.807) is 0 Å². The monoisotopic (exact) mass is 257 g/mol. The molecule has 0 saturated heterocycles. The van der Waals surface area contributed by atoms with Gasteiger partial charge in [-0.05, 0) is 6.92 Å². The van der Waals surface area contributed by atoms with Gasteiger partial charge in [0, 0.05) is 13.6 Å². The van der Waals surface area contributed by atoms with E-state index in [1.807, 2.05) is 6.92 Å². The molecule has 5 N–H and O–H groups in total. The molecule has 1 rings (SSSR count). The van der Waals surface area contributed by atoms with Crippen molar-refractivity contribution in [1.29, 1.82) is 0 Å². The van der Waals surface area contributed by atoms with E-state index in [0.29, 0.717) is 16.6 Å². The fourth-order valence-electron chi connectivity index (χ4n) is 1.19. The van der Waals surface area contributed by atoms with Crippen LogP contribution in [0.5, 0.6) is 0 Å². The molecule has 1 aromatic rings. The highest BCUT2D eigenvalue weighted by Gasteiger charge is 2.20. The number of hydrogen-bond donors (Lipinski definition) is 3. The van der Waals surface area contributed by atoms with Crippen molar-refractivity contribution in [3.05, 3.63) is 4.88 Å². The number of likely N-dealkylation sites (N-methyl/N-ethyl adjacent to an activating group) is 1. The fraction of sp³-hybridized carbons (Fsp3) is 0.444. The molecule has 17 heavy (non-hydrogen) atoms. The van der Waals surface area contributed by atoms with E-state index in [2.05, 4.69) is 10.3 Å². The van der Waals surface area contributed by atoms with Gasteiger partial charge >= 0.3 is 0 Å². The molecule has 0 aliphatic rings. The molecule has 0 aromatic carbocycles. The summed E-state index contributed by atoms with van der Waals surface area (Å²) in [5, 5.41) is 3.55. The first-order valence-corrected chi connectivity index (χ1v) is 5.81. The summed E-state index contributed by atoms with van der Waals surface area (Å²) in [6, 6.07) is 0. The Morgan fingerprint density at radius 1 is 1.53 bits per heavy atom. The molecule has 2 amide bonds. The number of nitrogens with two attached hydrogens (primary N) is 2. The number of amides is 2. The van der Waals surface area contributed by atoms with Gasteiger partial charge in [0.05, 0.1) is 6.54 Å². The van der Waals surface area contributed by atoms with E-state index >= 15 is 0 Å². The summed E-state index contributed by atoms with van der Waals surface area (Å²) in [5.74, 6) is -0.772. The Bertz CT molecular complexity index is 431. The molecule has 94 valence electrons. The van der Waals surface area contributed by atoms with Crippen molar-refractivity contribution in [3.63, 3.8) is 0 Å². The van der Waals surface area contributed by atoms with E-state index in [4.69, 9.17) is 11.5 Å². The minimum Gasteiger partial charge on any atom is -0.382 e. The third-order valence-electron chi connectivity index (χ3n) is 1.92. The molecular weight excluding hydrogens is 242 g/mol. The summed E-state index contributed by atoms with van der Waals surface area (Å²) in [5.41, 5.74) is 10.6. The zero-order valence-corrected chi connectivity index (χ0v) is 10.5. The second-order valence-corrected chi connectivity index (χ2v) is 4.39. The van der Waals surface area contributed by atoms with Crippen LogP contribution in [-0.2, 0) is 4.79 Å². The highest BCUT2D eigenvalue weighted by atomic mass is 32.1. The molecule has 0 saturated carbocycles. The van der Waals surface area contributed by atoms with Gasteiger partial charge in [-0.25, -0.2) is 4.98 Å². The smallest absolute Gasteiger partial charge is 0.268 e. The zero-order valence-electron chi connectivity index (χ0n) is 9.69. The molecule has 7 nitrogen and oxygen atoms in total. The summed E-state index contributed by atoms with van der Waals surface area (Å²) >= 11 is 1.16. The number of rotatable bonds is 5. The van der Waals surface area contributed by atoms with Crippen LogP contribution in [0.4, 0.5) is 10.9 Å². The maximum Gasteiger partial charge on any atom is 0.268 e. The summed E-state index contributed by atoms with van der Waals surface area (Å²) in [4.78, 5) is 28.1. The first-order chi connectivity index (χ1) is 7.95. The molecule has 0 aliphatic carbocycles. The van der Waals surface area contributed by atoms with Crippen molar-refractivity contribution < 1.29 is 9.59 Å². The number of aromatic nitrogens is 1. The second-order valence-electron chi connectivity index (χ2n) is 3.39. The van der Waals surface area contributed by atoms with Gasteiger partial charge in [-0.3, -0.25) is 9.59 Å². The lowest BCUT2D eigenvalue weighted by atomic mass is 10.4. The largest absolute Gasteiger partial charge is 0.382 e. The third kappa shape index (κ3) is 3.31. The molecule has 0 bridgehead atoms. The molecule has 0 aliphatic heterocycles. The number of thiazole rings is 1. The minimum atomic E-state index is -0.573. The molecule has 0 atom stereocenters. The van der Waals surface area contributed by atoms with Crippen LogP contribution in [0.2, 0.25) is 0 Å². The van der Waals surface area contributed by atoms with Gasteiger partial charge in [-0.15, -0.1) is 0 Å². The minimum absolute atomic E-state index is 0.146. The van der Waals surface area contributed by atoms with Gasteiger partial charge in [0.25, 0.3) is 5.91 Å². The Hall–Kier alpha value is -1.83. The van der Waals surface area contributed by atoms with E-state index in [0.717, 1.165) is 11.3 Å². The Kier molecular flexibility index (Phi) is 4.27. The molecule has 8 heteroatoms. The number of carbonyl (C=O) groups is 2. The van der Waals surface area contributed by atoms with Crippen molar-refractivity contribution in [2.24, 2.45) is 5.73 Å². The van der Waals surface area contributed by atoms with Gasteiger partial charge in [-0.1, -0.05) is 11.3 Å². The van der Waals surface area contributed by atoms with Crippen LogP contribution in [0, 0.1) is 0 Å². The number of carbonyl (C=O) groups excluding carboxylic acids is 2. The summed E-state index contributed by atoms with van der Waals surface area (Å²) in [6.45, 7) is 2.46. The van der Waals surface area contributed by atoms with Crippen molar-refractivity contribution in [1.82, 2.24) is 9.88 Å². The number of primary amides is 1. The standard InChI is InChI=1S/C9H15N5O2S/c1-3-12-9-13-7(11)6(17-9)8(16)14(2)4-5(10)15/h3-4,11H2,1-2H3,(H2,10,15)(H,12,13). The van der Waals surface area contributed by atoms with E-state index in [9.17, 15) is 9.59 Å². The Balaban J connectivity index is 2.84. The highest BCUT2D eigenvalue weighted by Crippen LogP contribution is 2.25. The van der Waals surface area contributed by atoms with Gasteiger partial charge < -0.3 is 21.7 Å². The molecule has 0 spiro atoms. The van der Waals surface area contributed by atoms with Crippen LogP contribution >= 0.6 is 11.3 Å². The van der Waals surface area contributed by atoms with E-state index in [1.165, 1.54) is 11.9 Å². The lowest BCUT2D eigenvalue weighted by molar-refractivity contribution is -0.118. The number of anilines is 2. The molecule has 0 unspecified atom stereocenters. The van der Waals surface area contributed by atoms with Gasteiger partial charge in [0.2, 0.25) is 5.91 Å². The van der Waals surface area contributed by atoms with Crippen LogP contribution in [0.3, 0.4) is 0 Å². The third-order valence-corrected chi connectivity index (χ3v) is 2.93. The first-order valence-electron chi connectivity index (χ1n) is 4.99. The molecular formula is C9H15N5O2S. The molecule has 0 radical (unpaired) electrons. The predicted molar refractivity (Wildman–Crippen MR) is 66.8 cm³/mol. The summed E-state index contributed by atoms with van der Waals surface area (Å²) < 4.78 is 0. The van der Waals surface area contributed by atoms with Crippen LogP contribution in [0.1, 0.15) is 16.6 Å². The van der Waals surface area contributed by atoms with Crippen molar-refractivity contribution in [2.75, 3.05) is 31.2 Å². The first kappa shape index (κ1) is 13.2. The van der Waals surface area contributed by atoms with E-state index < -0.39 is 5.91 Å². The number of nitrogen functional groups attached to an aromatic ring is 1. The van der Waals surface area contributed by atoms with Crippen LogP contribution in [-0.4, -0.2) is 41.8 Å². The molecule has 0 fully saturated rings. The lowest BCUT2D eigenvalue weighted by Crippen LogP contribution is -2.35. The Morgan fingerprint density at radius 2 is 2.18 bits per heavy atom. The zero-order chi connectivity index (χ0) is 13.0. The maximum absolute atomic E-state index is 11.9. The number of nitrogens with zero attached hydrogens (tertiary/aromatic N) is 2. The highest BCUT2D eigenvalue weighted by molar-refractivity contribution is 7.18. The second kappa shape index (κ2) is 5.48. The van der Waals surface area contributed by atoms with Gasteiger partial charge in [0.15, 0.2) is 5.13 Å². The van der Waals surface area contributed by atoms with Crippen LogP contribution in [0.15, 0.2) is 0 Å². The Morgan fingerprint density at radius 3 is 2.71 bits per heavy atom. The SMILES string of the molecule is CCNc1nc(N)c(C(=O)N(C)CC(N)=O)s1. The summed E-state index contributed by atoms with van der Waals surface area (Å²) in [7, 11) is 1.49. The number of hydrogen-bond acceptors (Lipinski definition) is 6. The van der Waals surface area contributed by atoms with Crippen molar-refractivity contribution >= 4 is 34.1 Å². The Labute approximate surface area is 103 Å². The van der Waals surface area contributed by atoms with Gasteiger partial charge in [-0.2, -0.15) is 0 Å². The fourth-order valence-corrected chi connectivity index (χ4v) is 2.14.